The summed E-state index contributed by atoms with van der Waals surface area (Å²) in [4.78, 5) is 11.6. The number of hydrogen-bond donors (Lipinski definition) is 1. The Morgan fingerprint density at radius 2 is 2.16 bits per heavy atom. The van der Waals surface area contributed by atoms with Crippen LogP contribution in [0, 0.1) is 0 Å². The second-order valence-corrected chi connectivity index (χ2v) is 6.58. The number of nitrogens with one attached hydrogen (secondary N) is 1. The molecule has 0 aliphatic heterocycles. The van der Waals surface area contributed by atoms with Crippen LogP contribution in [0.3, 0.4) is 0 Å². The number of rotatable bonds is 6. The normalized spacial score (nSPS) is 21.6. The van der Waals surface area contributed by atoms with Gasteiger partial charge in [-0.05, 0) is 39.8 Å². The highest BCUT2D eigenvalue weighted by molar-refractivity contribution is 7.51. The van der Waals surface area contributed by atoms with E-state index in [2.05, 4.69) is 17.5 Å². The highest BCUT2D eigenvalue weighted by Gasteiger charge is 2.14. The molecule has 1 aliphatic carbocycles. The first kappa shape index (κ1) is 16.2. The second kappa shape index (κ2) is 8.36. The first-order valence-corrected chi connectivity index (χ1v) is 8.61. The van der Waals surface area contributed by atoms with Gasteiger partial charge in [0.05, 0.1) is 12.2 Å². The topological polar surface area (TPSA) is 47.6 Å². The minimum Gasteiger partial charge on any atom is -0.462 e. The zero-order valence-corrected chi connectivity index (χ0v) is 13.1. The number of ether oxygens (including phenoxy) is 1. The summed E-state index contributed by atoms with van der Waals surface area (Å²) in [5.74, 6) is 1.66. The molecular weight excluding hydrogens is 261 g/mol. The van der Waals surface area contributed by atoms with Crippen molar-refractivity contribution in [2.24, 2.45) is 0 Å². The predicted molar refractivity (Wildman–Crippen MR) is 81.9 cm³/mol. The van der Waals surface area contributed by atoms with Crippen LogP contribution < -0.4 is 5.32 Å². The van der Waals surface area contributed by atoms with Crippen LogP contribution in [0.5, 0.6) is 0 Å². The maximum absolute atomic E-state index is 11.6. The van der Waals surface area contributed by atoms with Crippen LogP contribution in [-0.4, -0.2) is 36.8 Å². The Morgan fingerprint density at radius 1 is 1.42 bits per heavy atom. The third kappa shape index (κ3) is 6.76. The zero-order chi connectivity index (χ0) is 14.3. The number of esters is 1. The van der Waals surface area contributed by atoms with Crippen LogP contribution in [0.15, 0.2) is 24.3 Å². The Kier molecular flexibility index (Phi) is 7.14. The highest BCUT2D eigenvalue weighted by atomic mass is 31.1. The fourth-order valence-electron chi connectivity index (χ4n) is 1.56. The molecule has 0 saturated heterocycles. The Balaban J connectivity index is 2.36. The van der Waals surface area contributed by atoms with E-state index in [1.54, 1.807) is 6.92 Å². The summed E-state index contributed by atoms with van der Waals surface area (Å²) >= 11 is 0. The smallest absolute Gasteiger partial charge is 0.323 e. The average Bonchev–Trinajstić information content (AvgIpc) is 2.36. The molecule has 1 rings (SSSR count). The third-order valence-corrected chi connectivity index (χ3v) is 3.77. The maximum Gasteiger partial charge on any atom is 0.323 e. The Labute approximate surface area is 116 Å². The molecule has 0 aromatic rings. The van der Waals surface area contributed by atoms with Gasteiger partial charge in [-0.1, -0.05) is 24.3 Å². The van der Waals surface area contributed by atoms with E-state index in [1.165, 1.54) is 0 Å². The summed E-state index contributed by atoms with van der Waals surface area (Å²) in [6.45, 7) is 7.52. The van der Waals surface area contributed by atoms with Gasteiger partial charge in [0.25, 0.3) is 0 Å². The van der Waals surface area contributed by atoms with Crippen LogP contribution >= 0.6 is 7.77 Å². The molecule has 1 aliphatic rings. The molecule has 0 aromatic carbocycles. The summed E-state index contributed by atoms with van der Waals surface area (Å²) in [7, 11) is -1.07. The van der Waals surface area contributed by atoms with Gasteiger partial charge in [0.2, 0.25) is 0 Å². The van der Waals surface area contributed by atoms with Gasteiger partial charge in [-0.2, -0.15) is 0 Å². The van der Waals surface area contributed by atoms with Crippen LogP contribution in [0.2, 0.25) is 0 Å². The summed E-state index contributed by atoms with van der Waals surface area (Å²) in [5, 5.41) is 3.06. The molecular formula is C14H24NO3P. The molecule has 1 N–H and O–H groups in total. The van der Waals surface area contributed by atoms with Crippen molar-refractivity contribution in [1.82, 2.24) is 5.32 Å². The largest absolute Gasteiger partial charge is 0.462 e. The van der Waals surface area contributed by atoms with Gasteiger partial charge in [0, 0.05) is 7.77 Å². The summed E-state index contributed by atoms with van der Waals surface area (Å²) < 4.78 is 11.0. The van der Waals surface area contributed by atoms with Crippen molar-refractivity contribution in [2.45, 2.75) is 45.4 Å². The molecule has 3 atom stereocenters. The predicted octanol–water partition coefficient (Wildman–Crippen LogP) is 2.34. The summed E-state index contributed by atoms with van der Waals surface area (Å²) in [5.41, 5.74) is 0. The van der Waals surface area contributed by atoms with Gasteiger partial charge >= 0.3 is 5.97 Å². The van der Waals surface area contributed by atoms with E-state index in [-0.39, 0.29) is 24.2 Å². The van der Waals surface area contributed by atoms with Gasteiger partial charge in [0.15, 0.2) is 0 Å². The molecule has 0 fully saturated rings. The number of carbonyl (C=O) groups is 1. The Bertz CT molecular complexity index is 388. The van der Waals surface area contributed by atoms with Crippen molar-refractivity contribution in [3.05, 3.63) is 24.3 Å². The highest BCUT2D eigenvalue weighted by Crippen LogP contribution is 2.23. The lowest BCUT2D eigenvalue weighted by Gasteiger charge is -2.17. The van der Waals surface area contributed by atoms with Crippen molar-refractivity contribution in [3.63, 3.8) is 0 Å². The molecule has 19 heavy (non-hydrogen) atoms. The lowest BCUT2D eigenvalue weighted by atomic mass is 10.1. The minimum absolute atomic E-state index is 0.0847. The van der Waals surface area contributed by atoms with Gasteiger partial charge in [-0.15, -0.1) is 0 Å². The lowest BCUT2D eigenvalue weighted by Crippen LogP contribution is -2.35. The molecule has 0 bridgehead atoms. The van der Waals surface area contributed by atoms with E-state index < -0.39 is 7.77 Å². The van der Waals surface area contributed by atoms with Crippen LogP contribution in [0.25, 0.3) is 0 Å². The number of allylic oxidation sites excluding steroid dienone is 2. The third-order valence-electron chi connectivity index (χ3n) is 2.52. The Morgan fingerprint density at radius 3 is 2.74 bits per heavy atom. The van der Waals surface area contributed by atoms with Crippen molar-refractivity contribution < 1.29 is 14.1 Å². The molecule has 4 nitrogen and oxygen atoms in total. The molecule has 0 saturated carbocycles. The van der Waals surface area contributed by atoms with Crippen molar-refractivity contribution in [2.75, 3.05) is 6.66 Å². The van der Waals surface area contributed by atoms with Crippen molar-refractivity contribution in [3.8, 4) is 0 Å². The van der Waals surface area contributed by atoms with Gasteiger partial charge < -0.3 is 9.26 Å². The summed E-state index contributed by atoms with van der Waals surface area (Å²) in [6.07, 6.45) is 9.15. The summed E-state index contributed by atoms with van der Waals surface area (Å²) in [6, 6.07) is -0.340. The first-order valence-electron chi connectivity index (χ1n) is 6.62. The first-order chi connectivity index (χ1) is 8.99. The number of carbonyl (C=O) groups excluding carboxylic acids is 1. The molecule has 0 amide bonds. The van der Waals surface area contributed by atoms with Crippen LogP contribution in [0.1, 0.15) is 27.2 Å². The molecule has 2 unspecified atom stereocenters. The van der Waals surface area contributed by atoms with Crippen LogP contribution in [-0.2, 0) is 14.1 Å². The molecule has 0 heterocycles. The second-order valence-electron chi connectivity index (χ2n) is 4.83. The standard InChI is InChI=1S/C14H24NO3P/c1-11(2)17-14(16)12(3)15-10-19(4)18-13-8-6-5-7-9-13/h5-8,10-13,15,19H,9H2,1-4H3/t12?,13-/m0/s1. The minimum atomic E-state index is -1.07. The van der Waals surface area contributed by atoms with Gasteiger partial charge in [-0.25, -0.2) is 0 Å². The van der Waals surface area contributed by atoms with E-state index in [4.69, 9.17) is 9.26 Å². The average molecular weight is 285 g/mol. The van der Waals surface area contributed by atoms with E-state index in [9.17, 15) is 4.79 Å². The Hall–Kier alpha value is -0.830. The molecule has 0 spiro atoms. The molecule has 5 heteroatoms. The van der Waals surface area contributed by atoms with Crippen molar-refractivity contribution >= 4 is 19.7 Å². The van der Waals surface area contributed by atoms with E-state index in [0.29, 0.717) is 0 Å². The quantitative estimate of drug-likeness (QED) is 0.601. The number of hydrogen-bond acceptors (Lipinski definition) is 3. The van der Waals surface area contributed by atoms with E-state index in [1.807, 2.05) is 38.6 Å². The van der Waals surface area contributed by atoms with Crippen LogP contribution in [0.4, 0.5) is 0 Å². The molecule has 108 valence electrons. The van der Waals surface area contributed by atoms with Crippen molar-refractivity contribution in [1.29, 1.82) is 0 Å². The SMILES string of the molecule is CC(C)OC(=O)C(C)N/C=[PH](\C)O[C@H]1C=CC=CC1. The fraction of sp³-hybridized carbons (Fsp3) is 0.571. The lowest BCUT2D eigenvalue weighted by molar-refractivity contribution is -0.148. The van der Waals surface area contributed by atoms with E-state index in [0.717, 1.165) is 6.42 Å². The zero-order valence-electron chi connectivity index (χ0n) is 12.1. The maximum atomic E-state index is 11.6. The van der Waals surface area contributed by atoms with E-state index >= 15 is 0 Å². The molecule has 0 aromatic heterocycles. The van der Waals surface area contributed by atoms with Gasteiger partial charge in [0.1, 0.15) is 6.04 Å². The monoisotopic (exact) mass is 285 g/mol. The molecule has 0 radical (unpaired) electrons. The van der Waals surface area contributed by atoms with Gasteiger partial charge in [-0.3, -0.25) is 10.1 Å². The fourth-order valence-corrected chi connectivity index (χ4v) is 2.77.